The molecule has 2 aliphatic heterocycles. The maximum atomic E-state index is 12.5. The average Bonchev–Trinajstić information content (AvgIpc) is 2.94. The summed E-state index contributed by atoms with van der Waals surface area (Å²) in [5, 5.41) is 0. The molecule has 2 saturated heterocycles. The molecule has 5 heteroatoms. The van der Waals surface area contributed by atoms with Crippen LogP contribution in [0.15, 0.2) is 0 Å². The average molecular weight is 283 g/mol. The van der Waals surface area contributed by atoms with Crippen molar-refractivity contribution in [1.82, 2.24) is 14.7 Å². The molecule has 2 heterocycles. The number of amides is 1. The fraction of sp³-hybridized carbons (Fsp3) is 0.933. The van der Waals surface area contributed by atoms with E-state index in [-0.39, 0.29) is 5.91 Å². The maximum absolute atomic E-state index is 12.5. The van der Waals surface area contributed by atoms with Crippen LogP contribution in [0.3, 0.4) is 0 Å². The number of ether oxygens (including phenoxy) is 1. The van der Waals surface area contributed by atoms with E-state index in [4.69, 9.17) is 4.74 Å². The Morgan fingerprint density at radius 3 is 2.45 bits per heavy atom. The third-order valence-corrected chi connectivity index (χ3v) is 4.48. The molecule has 0 aliphatic carbocycles. The van der Waals surface area contributed by atoms with Gasteiger partial charge in [0.2, 0.25) is 5.91 Å². The predicted octanol–water partition coefficient (Wildman–Crippen LogP) is 0.651. The molecule has 5 nitrogen and oxygen atoms in total. The summed E-state index contributed by atoms with van der Waals surface area (Å²) in [6.45, 7) is 12.5. The molecule has 0 N–H and O–H groups in total. The second kappa shape index (κ2) is 7.96. The third-order valence-electron chi connectivity index (χ3n) is 4.48. The Morgan fingerprint density at radius 2 is 1.80 bits per heavy atom. The zero-order valence-corrected chi connectivity index (χ0v) is 13.0. The van der Waals surface area contributed by atoms with Crippen LogP contribution in [-0.4, -0.2) is 85.7 Å². The highest BCUT2D eigenvalue weighted by atomic mass is 16.5. The van der Waals surface area contributed by atoms with Crippen LogP contribution >= 0.6 is 0 Å². The molecule has 1 unspecified atom stereocenters. The van der Waals surface area contributed by atoms with Crippen molar-refractivity contribution in [2.75, 3.05) is 59.0 Å². The zero-order chi connectivity index (χ0) is 14.4. The number of piperazine rings is 1. The van der Waals surface area contributed by atoms with E-state index >= 15 is 0 Å². The molecular weight excluding hydrogens is 254 g/mol. The Labute approximate surface area is 122 Å². The van der Waals surface area contributed by atoms with E-state index in [9.17, 15) is 4.79 Å². The molecule has 0 aromatic carbocycles. The van der Waals surface area contributed by atoms with Gasteiger partial charge in [-0.25, -0.2) is 0 Å². The van der Waals surface area contributed by atoms with Crippen LogP contribution in [-0.2, 0) is 9.53 Å². The minimum absolute atomic E-state index is 0.289. The van der Waals surface area contributed by atoms with Gasteiger partial charge in [-0.2, -0.15) is 0 Å². The first-order valence-corrected chi connectivity index (χ1v) is 8.06. The van der Waals surface area contributed by atoms with E-state index in [1.807, 2.05) is 11.8 Å². The van der Waals surface area contributed by atoms with Crippen molar-refractivity contribution in [3.8, 4) is 0 Å². The van der Waals surface area contributed by atoms with Gasteiger partial charge in [0.25, 0.3) is 0 Å². The van der Waals surface area contributed by atoms with Gasteiger partial charge in [-0.15, -0.1) is 0 Å². The molecule has 0 radical (unpaired) electrons. The molecule has 1 atom stereocenters. The lowest BCUT2D eigenvalue weighted by Crippen LogP contribution is -2.51. The van der Waals surface area contributed by atoms with Crippen LogP contribution < -0.4 is 0 Å². The van der Waals surface area contributed by atoms with Crippen LogP contribution in [0.5, 0.6) is 0 Å². The highest BCUT2D eigenvalue weighted by Gasteiger charge is 2.30. The van der Waals surface area contributed by atoms with Gasteiger partial charge in [-0.1, -0.05) is 6.92 Å². The molecule has 0 bridgehead atoms. The summed E-state index contributed by atoms with van der Waals surface area (Å²) in [5.74, 6) is 0.289. The summed E-state index contributed by atoms with van der Waals surface area (Å²) in [7, 11) is 0. The first-order chi connectivity index (χ1) is 9.74. The van der Waals surface area contributed by atoms with Crippen LogP contribution in [0.1, 0.15) is 26.7 Å². The van der Waals surface area contributed by atoms with Crippen LogP contribution in [0, 0.1) is 0 Å². The summed E-state index contributed by atoms with van der Waals surface area (Å²) in [5.41, 5.74) is 0. The molecule has 20 heavy (non-hydrogen) atoms. The minimum Gasteiger partial charge on any atom is -0.380 e. The zero-order valence-electron chi connectivity index (χ0n) is 13.0. The smallest absolute Gasteiger partial charge is 0.237 e. The molecule has 0 aromatic heterocycles. The topological polar surface area (TPSA) is 36.0 Å². The Kier molecular flexibility index (Phi) is 6.26. The van der Waals surface area contributed by atoms with Gasteiger partial charge in [0.15, 0.2) is 0 Å². The summed E-state index contributed by atoms with van der Waals surface area (Å²) in [4.78, 5) is 19.2. The van der Waals surface area contributed by atoms with Crippen LogP contribution in [0.2, 0.25) is 0 Å². The van der Waals surface area contributed by atoms with E-state index in [0.717, 1.165) is 58.7 Å². The second-order valence-corrected chi connectivity index (χ2v) is 5.75. The third kappa shape index (κ3) is 4.17. The molecule has 0 saturated carbocycles. The first kappa shape index (κ1) is 15.7. The molecule has 0 spiro atoms. The summed E-state index contributed by atoms with van der Waals surface area (Å²) in [6.07, 6.45) is 2.21. The van der Waals surface area contributed by atoms with Gasteiger partial charge in [0.05, 0.1) is 19.2 Å². The standard InChI is InChI=1S/C15H29N3O2/c1-3-16-8-10-17(11-9-16)12-15(19)18-7-5-6-14(18)13-20-4-2/h14H,3-13H2,1-2H3. The first-order valence-electron chi connectivity index (χ1n) is 8.06. The van der Waals surface area contributed by atoms with Crippen molar-refractivity contribution in [2.45, 2.75) is 32.7 Å². The molecule has 2 aliphatic rings. The summed E-state index contributed by atoms with van der Waals surface area (Å²) < 4.78 is 5.50. The minimum atomic E-state index is 0.289. The fourth-order valence-corrected chi connectivity index (χ4v) is 3.14. The lowest BCUT2D eigenvalue weighted by Gasteiger charge is -2.35. The maximum Gasteiger partial charge on any atom is 0.237 e. The van der Waals surface area contributed by atoms with Gasteiger partial charge < -0.3 is 14.5 Å². The Bertz CT molecular complexity index is 303. The number of carbonyl (C=O) groups excluding carboxylic acids is 1. The van der Waals surface area contributed by atoms with Crippen molar-refractivity contribution in [3.05, 3.63) is 0 Å². The molecule has 2 rings (SSSR count). The highest BCUT2D eigenvalue weighted by Crippen LogP contribution is 2.18. The van der Waals surface area contributed by atoms with E-state index in [2.05, 4.69) is 16.7 Å². The largest absolute Gasteiger partial charge is 0.380 e. The Hall–Kier alpha value is -0.650. The molecular formula is C15H29N3O2. The summed E-state index contributed by atoms with van der Waals surface area (Å²) in [6, 6.07) is 0.305. The lowest BCUT2D eigenvalue weighted by atomic mass is 10.2. The van der Waals surface area contributed by atoms with Crippen molar-refractivity contribution in [3.63, 3.8) is 0 Å². The number of likely N-dealkylation sites (N-methyl/N-ethyl adjacent to an activating group) is 1. The molecule has 2 fully saturated rings. The van der Waals surface area contributed by atoms with Crippen molar-refractivity contribution in [1.29, 1.82) is 0 Å². The van der Waals surface area contributed by atoms with E-state index < -0.39 is 0 Å². The van der Waals surface area contributed by atoms with Gasteiger partial charge in [0, 0.05) is 39.3 Å². The molecule has 0 aromatic rings. The van der Waals surface area contributed by atoms with E-state index in [1.54, 1.807) is 0 Å². The lowest BCUT2D eigenvalue weighted by molar-refractivity contribution is -0.134. The van der Waals surface area contributed by atoms with Gasteiger partial charge in [-0.05, 0) is 26.3 Å². The van der Waals surface area contributed by atoms with Crippen molar-refractivity contribution in [2.24, 2.45) is 0 Å². The Morgan fingerprint density at radius 1 is 1.10 bits per heavy atom. The van der Waals surface area contributed by atoms with E-state index in [1.165, 1.54) is 0 Å². The number of likely N-dealkylation sites (tertiary alicyclic amines) is 1. The second-order valence-electron chi connectivity index (χ2n) is 5.75. The van der Waals surface area contributed by atoms with Crippen LogP contribution in [0.4, 0.5) is 0 Å². The SMILES string of the molecule is CCOCC1CCCN1C(=O)CN1CCN(CC)CC1. The molecule has 1 amide bonds. The summed E-state index contributed by atoms with van der Waals surface area (Å²) >= 11 is 0. The predicted molar refractivity (Wildman–Crippen MR) is 79.8 cm³/mol. The van der Waals surface area contributed by atoms with Crippen molar-refractivity contribution < 1.29 is 9.53 Å². The Balaban J connectivity index is 1.76. The molecule has 116 valence electrons. The highest BCUT2D eigenvalue weighted by molar-refractivity contribution is 5.79. The van der Waals surface area contributed by atoms with Crippen molar-refractivity contribution >= 4 is 5.91 Å². The van der Waals surface area contributed by atoms with Gasteiger partial charge in [-0.3, -0.25) is 9.69 Å². The van der Waals surface area contributed by atoms with Gasteiger partial charge in [0.1, 0.15) is 0 Å². The van der Waals surface area contributed by atoms with Crippen LogP contribution in [0.25, 0.3) is 0 Å². The number of rotatable bonds is 6. The number of carbonyl (C=O) groups is 1. The monoisotopic (exact) mass is 283 g/mol. The number of hydrogen-bond donors (Lipinski definition) is 0. The number of nitrogens with zero attached hydrogens (tertiary/aromatic N) is 3. The quantitative estimate of drug-likeness (QED) is 0.717. The van der Waals surface area contributed by atoms with E-state index in [0.29, 0.717) is 19.2 Å². The normalized spacial score (nSPS) is 25.3. The van der Waals surface area contributed by atoms with Gasteiger partial charge >= 0.3 is 0 Å². The number of hydrogen-bond acceptors (Lipinski definition) is 4. The fourth-order valence-electron chi connectivity index (χ4n) is 3.14.